The molecule has 2 nitrogen and oxygen atoms in total. The predicted octanol–water partition coefficient (Wildman–Crippen LogP) is 5.96. The van der Waals surface area contributed by atoms with Crippen LogP contribution in [-0.2, 0) is 15.3 Å². The van der Waals surface area contributed by atoms with Gasteiger partial charge in [-0.15, -0.1) is 11.8 Å². The molecule has 130 valence electrons. The first kappa shape index (κ1) is 17.8. The molecule has 0 aliphatic heterocycles. The van der Waals surface area contributed by atoms with E-state index in [0.717, 1.165) is 12.2 Å². The molecule has 0 unspecified atom stereocenters. The van der Waals surface area contributed by atoms with Crippen molar-refractivity contribution in [2.24, 2.45) is 0 Å². The molecule has 3 aromatic rings. The smallest absolute Gasteiger partial charge is 0.316 e. The fraction of sp³-hybridized carbons (Fsp3) is 0.318. The summed E-state index contributed by atoms with van der Waals surface area (Å²) in [6, 6.07) is 19.4. The van der Waals surface area contributed by atoms with E-state index in [4.69, 9.17) is 4.74 Å². The molecular formula is C22H24O2S. The minimum Gasteiger partial charge on any atom is -0.459 e. The Morgan fingerprint density at radius 3 is 2.28 bits per heavy atom. The van der Waals surface area contributed by atoms with Crippen LogP contribution in [0.15, 0.2) is 54.6 Å². The van der Waals surface area contributed by atoms with Crippen molar-refractivity contribution in [2.75, 3.05) is 5.75 Å². The second-order valence-electron chi connectivity index (χ2n) is 6.96. The Morgan fingerprint density at radius 1 is 0.960 bits per heavy atom. The van der Waals surface area contributed by atoms with E-state index in [0.29, 0.717) is 5.75 Å². The van der Waals surface area contributed by atoms with Gasteiger partial charge in [-0.1, -0.05) is 49.4 Å². The Kier molecular flexibility index (Phi) is 5.33. The van der Waals surface area contributed by atoms with Crippen LogP contribution >= 0.6 is 11.8 Å². The van der Waals surface area contributed by atoms with Gasteiger partial charge < -0.3 is 4.74 Å². The third-order valence-electron chi connectivity index (χ3n) is 4.50. The molecule has 0 saturated heterocycles. The molecule has 0 aromatic heterocycles. The van der Waals surface area contributed by atoms with E-state index in [1.54, 1.807) is 11.8 Å². The highest BCUT2D eigenvalue weighted by molar-refractivity contribution is 7.99. The number of carbonyl (C=O) groups excluding carboxylic acids is 1. The van der Waals surface area contributed by atoms with Crippen molar-refractivity contribution in [3.63, 3.8) is 0 Å². The predicted molar refractivity (Wildman–Crippen MR) is 108 cm³/mol. The maximum atomic E-state index is 11.9. The number of benzene rings is 3. The zero-order chi connectivity index (χ0) is 17.9. The summed E-state index contributed by atoms with van der Waals surface area (Å²) >= 11 is 1.60. The van der Waals surface area contributed by atoms with Crippen molar-refractivity contribution >= 4 is 39.3 Å². The molecule has 0 fully saturated rings. The summed E-state index contributed by atoms with van der Waals surface area (Å²) in [6.45, 7) is 5.92. The van der Waals surface area contributed by atoms with E-state index in [2.05, 4.69) is 54.6 Å². The number of fused-ring (bicyclic) bond motifs is 2. The van der Waals surface area contributed by atoms with Gasteiger partial charge in [-0.2, -0.15) is 0 Å². The van der Waals surface area contributed by atoms with Crippen molar-refractivity contribution in [1.82, 2.24) is 0 Å². The third-order valence-corrected chi connectivity index (χ3v) is 5.48. The van der Waals surface area contributed by atoms with Gasteiger partial charge in [0, 0.05) is 5.75 Å². The Labute approximate surface area is 153 Å². The number of hydrogen-bond donors (Lipinski definition) is 0. The Hall–Kier alpha value is -2.00. The lowest BCUT2D eigenvalue weighted by Crippen LogP contribution is -2.27. The van der Waals surface area contributed by atoms with Crippen LogP contribution in [0.2, 0.25) is 0 Å². The molecule has 0 heterocycles. The molecule has 0 aliphatic carbocycles. The van der Waals surface area contributed by atoms with Crippen LogP contribution in [0, 0.1) is 0 Å². The van der Waals surface area contributed by atoms with Crippen molar-refractivity contribution in [3.8, 4) is 0 Å². The van der Waals surface area contributed by atoms with Crippen molar-refractivity contribution in [1.29, 1.82) is 0 Å². The van der Waals surface area contributed by atoms with E-state index >= 15 is 0 Å². The molecule has 0 spiro atoms. The topological polar surface area (TPSA) is 26.3 Å². The average Bonchev–Trinajstić information content (AvgIpc) is 2.59. The first-order chi connectivity index (χ1) is 12.0. The first-order valence-electron chi connectivity index (χ1n) is 8.68. The zero-order valence-electron chi connectivity index (χ0n) is 15.0. The van der Waals surface area contributed by atoms with Crippen molar-refractivity contribution in [2.45, 2.75) is 38.5 Å². The minimum atomic E-state index is -0.373. The molecule has 3 heteroatoms. The largest absolute Gasteiger partial charge is 0.459 e. The molecule has 25 heavy (non-hydrogen) atoms. The summed E-state index contributed by atoms with van der Waals surface area (Å²) in [5.74, 6) is 1.06. The quantitative estimate of drug-likeness (QED) is 0.404. The lowest BCUT2D eigenvalue weighted by molar-refractivity contribution is -0.153. The van der Waals surface area contributed by atoms with Gasteiger partial charge in [0.25, 0.3) is 0 Å². The monoisotopic (exact) mass is 352 g/mol. The maximum absolute atomic E-state index is 11.9. The molecule has 0 saturated carbocycles. The van der Waals surface area contributed by atoms with Gasteiger partial charge >= 0.3 is 5.97 Å². The van der Waals surface area contributed by atoms with Gasteiger partial charge in [0.05, 0.1) is 5.75 Å². The van der Waals surface area contributed by atoms with E-state index in [-0.39, 0.29) is 11.6 Å². The lowest BCUT2D eigenvalue weighted by atomic mass is 10.0. The highest BCUT2D eigenvalue weighted by Gasteiger charge is 2.20. The third kappa shape index (κ3) is 4.55. The van der Waals surface area contributed by atoms with Crippen LogP contribution in [0.5, 0.6) is 0 Å². The van der Waals surface area contributed by atoms with Gasteiger partial charge in [0.1, 0.15) is 5.60 Å². The fourth-order valence-electron chi connectivity index (χ4n) is 2.74. The minimum absolute atomic E-state index is 0.136. The average molecular weight is 352 g/mol. The summed E-state index contributed by atoms with van der Waals surface area (Å²) in [4.78, 5) is 11.9. The van der Waals surface area contributed by atoms with Crippen molar-refractivity contribution in [3.05, 3.63) is 60.2 Å². The fourth-order valence-corrected chi connectivity index (χ4v) is 3.48. The molecule has 0 bridgehead atoms. The van der Waals surface area contributed by atoms with E-state index in [1.807, 2.05) is 20.8 Å². The Balaban J connectivity index is 1.66. The molecule has 0 amide bonds. The summed E-state index contributed by atoms with van der Waals surface area (Å²) in [6.07, 6.45) is 0.821. The summed E-state index contributed by atoms with van der Waals surface area (Å²) < 4.78 is 5.48. The second kappa shape index (κ2) is 7.49. The van der Waals surface area contributed by atoms with Crippen LogP contribution in [0.3, 0.4) is 0 Å². The number of esters is 1. The Bertz CT molecular complexity index is 899. The van der Waals surface area contributed by atoms with Gasteiger partial charge in [0.2, 0.25) is 0 Å². The maximum Gasteiger partial charge on any atom is 0.316 e. The molecule has 3 aromatic carbocycles. The SMILES string of the molecule is CCC(C)(C)OC(=O)CSCc1ccc2cc3ccccc3cc2c1. The van der Waals surface area contributed by atoms with E-state index in [9.17, 15) is 4.79 Å². The van der Waals surface area contributed by atoms with Crippen LogP contribution < -0.4 is 0 Å². The number of carbonyl (C=O) groups is 1. The van der Waals surface area contributed by atoms with Gasteiger partial charge in [-0.25, -0.2) is 0 Å². The lowest BCUT2D eigenvalue weighted by Gasteiger charge is -2.23. The van der Waals surface area contributed by atoms with E-state index in [1.165, 1.54) is 27.1 Å². The van der Waals surface area contributed by atoms with Gasteiger partial charge in [-0.05, 0) is 59.5 Å². The van der Waals surface area contributed by atoms with Crippen molar-refractivity contribution < 1.29 is 9.53 Å². The highest BCUT2D eigenvalue weighted by Crippen LogP contribution is 2.25. The Morgan fingerprint density at radius 2 is 1.60 bits per heavy atom. The summed E-state index contributed by atoms with van der Waals surface area (Å²) in [5, 5.41) is 5.01. The zero-order valence-corrected chi connectivity index (χ0v) is 15.9. The van der Waals surface area contributed by atoms with Crippen LogP contribution in [0.4, 0.5) is 0 Å². The van der Waals surface area contributed by atoms with Crippen LogP contribution in [-0.4, -0.2) is 17.3 Å². The molecule has 0 radical (unpaired) electrons. The first-order valence-corrected chi connectivity index (χ1v) is 9.83. The van der Waals surface area contributed by atoms with Gasteiger partial charge in [0.15, 0.2) is 0 Å². The molecule has 0 N–H and O–H groups in total. The summed E-state index contributed by atoms with van der Waals surface area (Å²) in [5.41, 5.74) is 0.858. The molecule has 0 aliphatic rings. The summed E-state index contributed by atoms with van der Waals surface area (Å²) in [7, 11) is 0. The second-order valence-corrected chi connectivity index (χ2v) is 7.95. The van der Waals surface area contributed by atoms with Crippen LogP contribution in [0.25, 0.3) is 21.5 Å². The molecule has 0 atom stereocenters. The number of ether oxygens (including phenoxy) is 1. The number of thioether (sulfide) groups is 1. The standard InChI is InChI=1S/C22H24O2S/c1-4-22(2,3)24-21(23)15-25-14-16-9-10-19-12-17-7-5-6-8-18(17)13-20(19)11-16/h5-13H,4,14-15H2,1-3H3. The highest BCUT2D eigenvalue weighted by atomic mass is 32.2. The molecule has 3 rings (SSSR count). The van der Waals surface area contributed by atoms with Crippen LogP contribution in [0.1, 0.15) is 32.8 Å². The number of rotatable bonds is 6. The normalized spacial score (nSPS) is 11.8. The molecular weight excluding hydrogens is 328 g/mol. The van der Waals surface area contributed by atoms with E-state index < -0.39 is 0 Å². The van der Waals surface area contributed by atoms with Gasteiger partial charge in [-0.3, -0.25) is 4.79 Å². The number of hydrogen-bond acceptors (Lipinski definition) is 3.